The second kappa shape index (κ2) is 5.32. The molecule has 1 aliphatic rings. The molecular weight excluding hydrogens is 180 g/mol. The quantitative estimate of drug-likeness (QED) is 0.609. The zero-order valence-electron chi connectivity index (χ0n) is 8.99. The highest BCUT2D eigenvalue weighted by molar-refractivity contribution is 5.71. The second-order valence-electron chi connectivity index (χ2n) is 4.31. The normalized spacial score (nSPS) is 26.2. The first-order valence-electron chi connectivity index (χ1n) is 5.20. The van der Waals surface area contributed by atoms with Gasteiger partial charge in [0.25, 0.3) is 0 Å². The van der Waals surface area contributed by atoms with Gasteiger partial charge in [-0.1, -0.05) is 0 Å². The van der Waals surface area contributed by atoms with E-state index in [1.165, 1.54) is 0 Å². The fraction of sp³-hybridized carbons (Fsp3) is 0.900. The first-order valence-corrected chi connectivity index (χ1v) is 5.20. The molecule has 1 aliphatic carbocycles. The average Bonchev–Trinajstić information content (AvgIpc) is 1.98. The molecule has 1 fully saturated rings. The van der Waals surface area contributed by atoms with Gasteiger partial charge in [-0.3, -0.25) is 4.79 Å². The Hall–Kier alpha value is -0.610. The van der Waals surface area contributed by atoms with Crippen molar-refractivity contribution in [3.63, 3.8) is 0 Å². The van der Waals surface area contributed by atoms with Gasteiger partial charge in [-0.05, 0) is 46.4 Å². The molecule has 4 nitrogen and oxygen atoms in total. The van der Waals surface area contributed by atoms with Crippen LogP contribution in [0, 0.1) is 5.92 Å². The molecule has 0 aromatic carbocycles. The Labute approximate surface area is 85.3 Å². The molecule has 1 rings (SSSR count). The van der Waals surface area contributed by atoms with Crippen molar-refractivity contribution >= 4 is 5.97 Å². The lowest BCUT2D eigenvalue weighted by Gasteiger charge is -2.33. The Kier molecular flexibility index (Phi) is 4.35. The summed E-state index contributed by atoms with van der Waals surface area (Å²) in [6, 6.07) is 0.443. The molecule has 0 bridgehead atoms. The smallest absolute Gasteiger partial charge is 0.306 e. The molecule has 0 heterocycles. The van der Waals surface area contributed by atoms with Crippen LogP contribution in [0.1, 0.15) is 19.3 Å². The van der Waals surface area contributed by atoms with Crippen molar-refractivity contribution in [3.05, 3.63) is 0 Å². The molecule has 0 saturated heterocycles. The highest BCUT2D eigenvalue weighted by Crippen LogP contribution is 2.27. The van der Waals surface area contributed by atoms with E-state index in [1.54, 1.807) is 0 Å². The summed E-state index contributed by atoms with van der Waals surface area (Å²) in [5, 5.41) is 12.0. The van der Waals surface area contributed by atoms with Crippen molar-refractivity contribution in [2.75, 3.05) is 27.2 Å². The molecule has 0 aromatic heterocycles. The first kappa shape index (κ1) is 11.5. The van der Waals surface area contributed by atoms with Crippen LogP contribution >= 0.6 is 0 Å². The number of rotatable bonds is 6. The Balaban J connectivity index is 1.93. The summed E-state index contributed by atoms with van der Waals surface area (Å²) in [7, 11) is 4.12. The second-order valence-corrected chi connectivity index (χ2v) is 4.31. The summed E-state index contributed by atoms with van der Waals surface area (Å²) in [5.41, 5.74) is 0. The molecule has 2 N–H and O–H groups in total. The predicted octanol–water partition coefficient (Wildman–Crippen LogP) is 0.391. The largest absolute Gasteiger partial charge is 0.481 e. The molecule has 0 spiro atoms. The van der Waals surface area contributed by atoms with Gasteiger partial charge in [0.05, 0.1) is 5.92 Å². The molecule has 0 atom stereocenters. The fourth-order valence-electron chi connectivity index (χ4n) is 1.69. The molecule has 14 heavy (non-hydrogen) atoms. The molecule has 82 valence electrons. The van der Waals surface area contributed by atoms with Gasteiger partial charge >= 0.3 is 5.97 Å². The van der Waals surface area contributed by atoms with Crippen LogP contribution in [-0.2, 0) is 4.79 Å². The van der Waals surface area contributed by atoms with Gasteiger partial charge in [0, 0.05) is 6.04 Å². The minimum atomic E-state index is -0.642. The molecule has 0 aromatic rings. The SMILES string of the molecule is CN(C)CCCNC1CC(C(=O)O)C1. The number of nitrogens with zero attached hydrogens (tertiary/aromatic N) is 1. The van der Waals surface area contributed by atoms with E-state index in [9.17, 15) is 4.79 Å². The standard InChI is InChI=1S/C10H20N2O2/c1-12(2)5-3-4-11-9-6-8(7-9)10(13)14/h8-9,11H,3-7H2,1-2H3,(H,13,14). The van der Waals surface area contributed by atoms with E-state index in [0.717, 1.165) is 32.4 Å². The summed E-state index contributed by atoms with van der Waals surface area (Å²) in [6.07, 6.45) is 2.73. The molecule has 0 unspecified atom stereocenters. The van der Waals surface area contributed by atoms with Crippen molar-refractivity contribution in [2.45, 2.75) is 25.3 Å². The first-order chi connectivity index (χ1) is 6.59. The van der Waals surface area contributed by atoms with Crippen molar-refractivity contribution in [1.82, 2.24) is 10.2 Å². The van der Waals surface area contributed by atoms with Crippen LogP contribution in [0.25, 0.3) is 0 Å². The summed E-state index contributed by atoms with van der Waals surface area (Å²) in [4.78, 5) is 12.7. The Morgan fingerprint density at radius 3 is 2.64 bits per heavy atom. The van der Waals surface area contributed by atoms with E-state index in [-0.39, 0.29) is 5.92 Å². The van der Waals surface area contributed by atoms with Crippen LogP contribution in [-0.4, -0.2) is 49.2 Å². The Morgan fingerprint density at radius 2 is 2.14 bits per heavy atom. The summed E-state index contributed by atoms with van der Waals surface area (Å²) in [5.74, 6) is -0.738. The van der Waals surface area contributed by atoms with Crippen molar-refractivity contribution in [1.29, 1.82) is 0 Å². The van der Waals surface area contributed by atoms with Crippen LogP contribution in [0.2, 0.25) is 0 Å². The maximum absolute atomic E-state index is 10.5. The Morgan fingerprint density at radius 1 is 1.50 bits per heavy atom. The fourth-order valence-corrected chi connectivity index (χ4v) is 1.69. The summed E-state index contributed by atoms with van der Waals surface area (Å²) >= 11 is 0. The summed E-state index contributed by atoms with van der Waals surface area (Å²) in [6.45, 7) is 2.08. The topological polar surface area (TPSA) is 52.6 Å². The zero-order valence-corrected chi connectivity index (χ0v) is 8.99. The molecule has 4 heteroatoms. The van der Waals surface area contributed by atoms with Gasteiger partial charge < -0.3 is 15.3 Å². The molecule has 0 amide bonds. The van der Waals surface area contributed by atoms with Crippen LogP contribution in [0.4, 0.5) is 0 Å². The molecule has 0 aliphatic heterocycles. The minimum Gasteiger partial charge on any atom is -0.481 e. The summed E-state index contributed by atoms with van der Waals surface area (Å²) < 4.78 is 0. The van der Waals surface area contributed by atoms with Gasteiger partial charge in [-0.2, -0.15) is 0 Å². The maximum atomic E-state index is 10.5. The van der Waals surface area contributed by atoms with Crippen molar-refractivity contribution in [2.24, 2.45) is 5.92 Å². The van der Waals surface area contributed by atoms with E-state index < -0.39 is 5.97 Å². The zero-order chi connectivity index (χ0) is 10.6. The third-order valence-corrected chi connectivity index (χ3v) is 2.70. The number of carboxylic acid groups (broad SMARTS) is 1. The van der Waals surface area contributed by atoms with Gasteiger partial charge in [-0.25, -0.2) is 0 Å². The highest BCUT2D eigenvalue weighted by atomic mass is 16.4. The van der Waals surface area contributed by atoms with Gasteiger partial charge in [-0.15, -0.1) is 0 Å². The van der Waals surface area contributed by atoms with E-state index in [0.29, 0.717) is 6.04 Å². The number of nitrogens with one attached hydrogen (secondary N) is 1. The van der Waals surface area contributed by atoms with Gasteiger partial charge in [0.15, 0.2) is 0 Å². The van der Waals surface area contributed by atoms with E-state index in [2.05, 4.69) is 24.3 Å². The van der Waals surface area contributed by atoms with Gasteiger partial charge in [0.2, 0.25) is 0 Å². The van der Waals surface area contributed by atoms with E-state index in [4.69, 9.17) is 5.11 Å². The van der Waals surface area contributed by atoms with Crippen LogP contribution < -0.4 is 5.32 Å². The number of hydrogen-bond donors (Lipinski definition) is 2. The minimum absolute atomic E-state index is 0.0960. The molecule has 0 radical (unpaired) electrons. The Bertz CT molecular complexity index is 189. The average molecular weight is 200 g/mol. The van der Waals surface area contributed by atoms with Crippen LogP contribution in [0.3, 0.4) is 0 Å². The predicted molar refractivity (Wildman–Crippen MR) is 55.3 cm³/mol. The number of hydrogen-bond acceptors (Lipinski definition) is 3. The van der Waals surface area contributed by atoms with E-state index >= 15 is 0 Å². The third kappa shape index (κ3) is 3.64. The monoisotopic (exact) mass is 200 g/mol. The molecule has 1 saturated carbocycles. The lowest BCUT2D eigenvalue weighted by Crippen LogP contribution is -2.44. The van der Waals surface area contributed by atoms with Crippen LogP contribution in [0.15, 0.2) is 0 Å². The van der Waals surface area contributed by atoms with Crippen molar-refractivity contribution < 1.29 is 9.90 Å². The molecular formula is C10H20N2O2. The number of aliphatic carboxylic acids is 1. The van der Waals surface area contributed by atoms with E-state index in [1.807, 2.05) is 0 Å². The lowest BCUT2D eigenvalue weighted by molar-refractivity contribution is -0.145. The maximum Gasteiger partial charge on any atom is 0.306 e. The highest BCUT2D eigenvalue weighted by Gasteiger charge is 2.33. The lowest BCUT2D eigenvalue weighted by atomic mass is 9.80. The number of carboxylic acids is 1. The van der Waals surface area contributed by atoms with Gasteiger partial charge in [0.1, 0.15) is 0 Å². The van der Waals surface area contributed by atoms with Crippen molar-refractivity contribution in [3.8, 4) is 0 Å². The number of carbonyl (C=O) groups is 1. The third-order valence-electron chi connectivity index (χ3n) is 2.70. The van der Waals surface area contributed by atoms with Crippen LogP contribution in [0.5, 0.6) is 0 Å².